The number of hydrogen-bond acceptors (Lipinski definition) is 4. The van der Waals surface area contributed by atoms with Crippen molar-refractivity contribution in [2.24, 2.45) is 0 Å². The van der Waals surface area contributed by atoms with E-state index in [-0.39, 0.29) is 30.7 Å². The Bertz CT molecular complexity index is 948. The molecule has 0 aliphatic carbocycles. The van der Waals surface area contributed by atoms with E-state index in [0.717, 1.165) is 4.90 Å². The molecule has 1 fully saturated rings. The van der Waals surface area contributed by atoms with Crippen LogP contribution in [0.5, 0.6) is 0 Å². The first-order valence-electron chi connectivity index (χ1n) is 8.66. The van der Waals surface area contributed by atoms with Crippen LogP contribution < -0.4 is 10.2 Å². The molecule has 1 unspecified atom stereocenters. The lowest BCUT2D eigenvalue weighted by atomic mass is 10.2. The second-order valence-electron chi connectivity index (χ2n) is 6.61. The fraction of sp³-hybridized carbons (Fsp3) is 0.250. The van der Waals surface area contributed by atoms with Crippen molar-refractivity contribution >= 4 is 52.3 Å². The second-order valence-corrected chi connectivity index (χ2v) is 7.43. The molecule has 0 aromatic heterocycles. The predicted molar refractivity (Wildman–Crippen MR) is 110 cm³/mol. The minimum atomic E-state index is -0.720. The zero-order valence-corrected chi connectivity index (χ0v) is 16.9. The molecule has 3 amide bonds. The van der Waals surface area contributed by atoms with Crippen LogP contribution in [0.15, 0.2) is 42.5 Å². The Kier molecular flexibility index (Phi) is 6.03. The van der Waals surface area contributed by atoms with Crippen molar-refractivity contribution in [2.45, 2.75) is 19.4 Å². The topological polar surface area (TPSA) is 69.7 Å². The summed E-state index contributed by atoms with van der Waals surface area (Å²) in [6.07, 6.45) is 0.000655. The molecule has 3 rings (SSSR count). The van der Waals surface area contributed by atoms with Crippen molar-refractivity contribution in [2.75, 3.05) is 23.8 Å². The summed E-state index contributed by atoms with van der Waals surface area (Å²) in [5, 5.41) is 3.62. The summed E-state index contributed by atoms with van der Waals surface area (Å²) < 4.78 is 0. The lowest BCUT2D eigenvalue weighted by Gasteiger charge is -2.23. The predicted octanol–water partition coefficient (Wildman–Crippen LogP) is 3.50. The molecule has 6 nitrogen and oxygen atoms in total. The molecule has 146 valence electrons. The number of amides is 3. The number of nitrogens with one attached hydrogen (secondary N) is 1. The van der Waals surface area contributed by atoms with Crippen LogP contribution in [0.1, 0.15) is 12.0 Å². The number of para-hydroxylation sites is 1. The number of likely N-dealkylation sites (N-methyl/N-ethyl adjacent to an activating group) is 1. The van der Waals surface area contributed by atoms with Crippen LogP contribution in [0.25, 0.3) is 0 Å². The molecule has 1 saturated heterocycles. The smallest absolute Gasteiger partial charge is 0.251 e. The fourth-order valence-corrected chi connectivity index (χ4v) is 3.49. The Morgan fingerprint density at radius 1 is 1.14 bits per heavy atom. The maximum atomic E-state index is 12.9. The van der Waals surface area contributed by atoms with Crippen molar-refractivity contribution in [3.8, 4) is 0 Å². The summed E-state index contributed by atoms with van der Waals surface area (Å²) in [4.78, 5) is 40.4. The number of halogens is 2. The lowest BCUT2D eigenvalue weighted by molar-refractivity contribution is -0.123. The number of imide groups is 1. The molecule has 1 aliphatic rings. The maximum Gasteiger partial charge on any atom is 0.251 e. The molecule has 0 spiro atoms. The SMILES string of the molecule is Cc1c(Cl)cccc1N1C(=O)CC(N(C)CC(=O)Nc2ccccc2Cl)C1=O. The average molecular weight is 420 g/mol. The van der Waals surface area contributed by atoms with Gasteiger partial charge in [0.1, 0.15) is 0 Å². The van der Waals surface area contributed by atoms with Crippen LogP contribution in [-0.4, -0.2) is 42.3 Å². The number of carbonyl (C=O) groups is 3. The number of anilines is 2. The van der Waals surface area contributed by atoms with Crippen molar-refractivity contribution in [3.63, 3.8) is 0 Å². The number of nitrogens with zero attached hydrogens (tertiary/aromatic N) is 2. The van der Waals surface area contributed by atoms with E-state index >= 15 is 0 Å². The summed E-state index contributed by atoms with van der Waals surface area (Å²) in [5.41, 5.74) is 1.62. The lowest BCUT2D eigenvalue weighted by Crippen LogP contribution is -2.43. The van der Waals surface area contributed by atoms with E-state index in [9.17, 15) is 14.4 Å². The van der Waals surface area contributed by atoms with Gasteiger partial charge >= 0.3 is 0 Å². The van der Waals surface area contributed by atoms with Gasteiger partial charge in [-0.15, -0.1) is 0 Å². The quantitative estimate of drug-likeness (QED) is 0.752. The third-order valence-electron chi connectivity index (χ3n) is 4.68. The van der Waals surface area contributed by atoms with Gasteiger partial charge in [-0.1, -0.05) is 41.4 Å². The molecule has 0 saturated carbocycles. The molecule has 1 aliphatic heterocycles. The number of benzene rings is 2. The van der Waals surface area contributed by atoms with Gasteiger partial charge in [-0.2, -0.15) is 0 Å². The first-order chi connectivity index (χ1) is 13.3. The van der Waals surface area contributed by atoms with Gasteiger partial charge in [-0.25, -0.2) is 4.90 Å². The molecule has 2 aromatic rings. The monoisotopic (exact) mass is 419 g/mol. The number of carbonyl (C=O) groups excluding carboxylic acids is 3. The maximum absolute atomic E-state index is 12.9. The van der Waals surface area contributed by atoms with Crippen molar-refractivity contribution in [3.05, 3.63) is 58.1 Å². The highest BCUT2D eigenvalue weighted by molar-refractivity contribution is 6.33. The number of hydrogen-bond donors (Lipinski definition) is 1. The number of rotatable bonds is 5. The highest BCUT2D eigenvalue weighted by atomic mass is 35.5. The van der Waals surface area contributed by atoms with E-state index in [0.29, 0.717) is 27.0 Å². The largest absolute Gasteiger partial charge is 0.324 e. The van der Waals surface area contributed by atoms with Crippen LogP contribution in [0.4, 0.5) is 11.4 Å². The second kappa shape index (κ2) is 8.31. The average Bonchev–Trinajstić information content (AvgIpc) is 2.94. The standard InChI is InChI=1S/C20H19Cl2N3O3/c1-12-13(21)7-5-9-16(12)25-19(27)10-17(20(25)28)24(2)11-18(26)23-15-8-4-3-6-14(15)22/h3-9,17H,10-11H2,1-2H3,(H,23,26). The van der Waals surface area contributed by atoms with Gasteiger partial charge in [0.25, 0.3) is 5.91 Å². The van der Waals surface area contributed by atoms with Crippen LogP contribution in [0.3, 0.4) is 0 Å². The van der Waals surface area contributed by atoms with E-state index < -0.39 is 6.04 Å². The molecule has 0 radical (unpaired) electrons. The summed E-state index contributed by atoms with van der Waals surface area (Å²) in [7, 11) is 1.64. The molecular weight excluding hydrogens is 401 g/mol. The highest BCUT2D eigenvalue weighted by Crippen LogP contribution is 2.31. The van der Waals surface area contributed by atoms with Gasteiger partial charge in [0, 0.05) is 5.02 Å². The van der Waals surface area contributed by atoms with Gasteiger partial charge in [0.15, 0.2) is 0 Å². The summed E-state index contributed by atoms with van der Waals surface area (Å²) >= 11 is 12.2. The third kappa shape index (κ3) is 4.04. The van der Waals surface area contributed by atoms with Gasteiger partial charge < -0.3 is 5.32 Å². The minimum absolute atomic E-state index is 0.000655. The Balaban J connectivity index is 1.71. The molecule has 8 heteroatoms. The van der Waals surface area contributed by atoms with Crippen molar-refractivity contribution in [1.82, 2.24) is 4.90 Å². The third-order valence-corrected chi connectivity index (χ3v) is 5.41. The van der Waals surface area contributed by atoms with Gasteiger partial charge in [-0.05, 0) is 43.8 Å². The van der Waals surface area contributed by atoms with E-state index in [4.69, 9.17) is 23.2 Å². The molecule has 2 aromatic carbocycles. The Morgan fingerprint density at radius 2 is 1.82 bits per heavy atom. The first-order valence-corrected chi connectivity index (χ1v) is 9.41. The van der Waals surface area contributed by atoms with Gasteiger partial charge in [0.2, 0.25) is 11.8 Å². The van der Waals surface area contributed by atoms with E-state index in [1.54, 1.807) is 61.3 Å². The van der Waals surface area contributed by atoms with E-state index in [1.165, 1.54) is 0 Å². The molecule has 1 N–H and O–H groups in total. The highest BCUT2D eigenvalue weighted by Gasteiger charge is 2.42. The van der Waals surface area contributed by atoms with Gasteiger partial charge in [0.05, 0.1) is 35.4 Å². The molecule has 0 bridgehead atoms. The zero-order chi connectivity index (χ0) is 20.4. The minimum Gasteiger partial charge on any atom is -0.324 e. The van der Waals surface area contributed by atoms with Crippen molar-refractivity contribution < 1.29 is 14.4 Å². The normalized spacial score (nSPS) is 16.8. The molecule has 1 heterocycles. The van der Waals surface area contributed by atoms with Crippen molar-refractivity contribution in [1.29, 1.82) is 0 Å². The molecule has 1 atom stereocenters. The zero-order valence-electron chi connectivity index (χ0n) is 15.4. The van der Waals surface area contributed by atoms with Crippen LogP contribution in [-0.2, 0) is 14.4 Å². The van der Waals surface area contributed by atoms with Gasteiger partial charge in [-0.3, -0.25) is 19.3 Å². The fourth-order valence-electron chi connectivity index (χ4n) is 3.14. The molecule has 28 heavy (non-hydrogen) atoms. The van der Waals surface area contributed by atoms with Crippen LogP contribution >= 0.6 is 23.2 Å². The summed E-state index contributed by atoms with van der Waals surface area (Å²) in [5.74, 6) is -1.02. The first kappa shape index (κ1) is 20.3. The van der Waals surface area contributed by atoms with E-state index in [1.807, 2.05) is 0 Å². The van der Waals surface area contributed by atoms with Crippen LogP contribution in [0, 0.1) is 6.92 Å². The summed E-state index contributed by atoms with van der Waals surface area (Å²) in [6, 6.07) is 11.2. The Morgan fingerprint density at radius 3 is 2.54 bits per heavy atom. The summed E-state index contributed by atoms with van der Waals surface area (Å²) in [6.45, 7) is 1.70. The Labute approximate surface area is 173 Å². The van der Waals surface area contributed by atoms with Crippen LogP contribution in [0.2, 0.25) is 10.0 Å². The van der Waals surface area contributed by atoms with E-state index in [2.05, 4.69) is 5.32 Å². The molecular formula is C20H19Cl2N3O3. The Hall–Kier alpha value is -2.41.